The quantitative estimate of drug-likeness (QED) is 0.685. The molecular formula is C19H19N3O4. The van der Waals surface area contributed by atoms with E-state index in [0.717, 1.165) is 5.56 Å². The Morgan fingerprint density at radius 3 is 2.73 bits per heavy atom. The number of aryl methyl sites for hydroxylation is 1. The summed E-state index contributed by atoms with van der Waals surface area (Å²) in [5, 5.41) is 7.22. The number of esters is 1. The maximum atomic E-state index is 12.7. The molecule has 7 heteroatoms. The van der Waals surface area contributed by atoms with Crippen LogP contribution in [0.5, 0.6) is 0 Å². The molecule has 26 heavy (non-hydrogen) atoms. The molecule has 0 bridgehead atoms. The molecule has 0 atom stereocenters. The summed E-state index contributed by atoms with van der Waals surface area (Å²) in [6, 6.07) is 11.2. The number of carbonyl (C=O) groups excluding carboxylic acids is 2. The highest BCUT2D eigenvalue weighted by atomic mass is 16.5. The maximum absolute atomic E-state index is 12.7. The largest absolute Gasteiger partial charge is 0.466 e. The first kappa shape index (κ1) is 17.6. The van der Waals surface area contributed by atoms with Crippen molar-refractivity contribution in [1.82, 2.24) is 15.5 Å². The van der Waals surface area contributed by atoms with Gasteiger partial charge in [-0.25, -0.2) is 4.98 Å². The summed E-state index contributed by atoms with van der Waals surface area (Å²) in [6.45, 7) is 4.00. The molecule has 0 aliphatic carbocycles. The Labute approximate surface area is 150 Å². The molecule has 3 aromatic rings. The third-order valence-electron chi connectivity index (χ3n) is 3.85. The molecule has 134 valence electrons. The highest BCUT2D eigenvalue weighted by molar-refractivity contribution is 6.07. The van der Waals surface area contributed by atoms with Crippen LogP contribution in [0.4, 0.5) is 0 Å². The van der Waals surface area contributed by atoms with Crippen molar-refractivity contribution in [2.45, 2.75) is 20.3 Å². The lowest BCUT2D eigenvalue weighted by atomic mass is 10.1. The Hall–Kier alpha value is -3.22. The third kappa shape index (κ3) is 3.72. The molecule has 0 aliphatic heterocycles. The zero-order valence-corrected chi connectivity index (χ0v) is 14.6. The SMILES string of the molecule is CCOC(=O)CCNC(=O)c1cc(-c2ccccc2)nc2onc(C)c12. The average Bonchev–Trinajstić information content (AvgIpc) is 3.03. The summed E-state index contributed by atoms with van der Waals surface area (Å²) < 4.78 is 10.1. The lowest BCUT2D eigenvalue weighted by Gasteiger charge is -2.08. The standard InChI is InChI=1S/C19H19N3O4/c1-3-25-16(23)9-10-20-18(24)14-11-15(13-7-5-4-6-8-13)21-19-17(14)12(2)22-26-19/h4-8,11H,3,9-10H2,1-2H3,(H,20,24). The lowest BCUT2D eigenvalue weighted by molar-refractivity contribution is -0.142. The molecule has 1 N–H and O–H groups in total. The van der Waals surface area contributed by atoms with Gasteiger partial charge in [-0.05, 0) is 19.9 Å². The van der Waals surface area contributed by atoms with Gasteiger partial charge < -0.3 is 14.6 Å². The number of nitrogens with zero attached hydrogens (tertiary/aromatic N) is 2. The maximum Gasteiger partial charge on any atom is 0.307 e. The lowest BCUT2D eigenvalue weighted by Crippen LogP contribution is -2.27. The van der Waals surface area contributed by atoms with Crippen LogP contribution in [0.15, 0.2) is 40.9 Å². The second-order valence-corrected chi connectivity index (χ2v) is 5.68. The van der Waals surface area contributed by atoms with Crippen molar-refractivity contribution >= 4 is 23.0 Å². The van der Waals surface area contributed by atoms with Crippen LogP contribution in [-0.4, -0.2) is 35.2 Å². The van der Waals surface area contributed by atoms with Crippen LogP contribution in [0.3, 0.4) is 0 Å². The van der Waals surface area contributed by atoms with Crippen molar-refractivity contribution in [3.05, 3.63) is 47.7 Å². The highest BCUT2D eigenvalue weighted by Gasteiger charge is 2.19. The fraction of sp³-hybridized carbons (Fsp3) is 0.263. The molecule has 0 spiro atoms. The minimum atomic E-state index is -0.348. The van der Waals surface area contributed by atoms with E-state index in [-0.39, 0.29) is 24.8 Å². The van der Waals surface area contributed by atoms with Gasteiger partial charge in [0.1, 0.15) is 0 Å². The highest BCUT2D eigenvalue weighted by Crippen LogP contribution is 2.26. The van der Waals surface area contributed by atoms with E-state index in [0.29, 0.717) is 34.7 Å². The Kier molecular flexibility index (Phi) is 5.26. The van der Waals surface area contributed by atoms with Gasteiger partial charge in [0.2, 0.25) is 0 Å². The van der Waals surface area contributed by atoms with Crippen LogP contribution in [0.1, 0.15) is 29.4 Å². The fourth-order valence-corrected chi connectivity index (χ4v) is 2.64. The van der Waals surface area contributed by atoms with Crippen LogP contribution in [0, 0.1) is 6.92 Å². The van der Waals surface area contributed by atoms with Crippen LogP contribution in [0.2, 0.25) is 0 Å². The van der Waals surface area contributed by atoms with Crippen LogP contribution >= 0.6 is 0 Å². The number of hydrogen-bond donors (Lipinski definition) is 1. The molecule has 2 heterocycles. The van der Waals surface area contributed by atoms with Crippen LogP contribution in [-0.2, 0) is 9.53 Å². The fourth-order valence-electron chi connectivity index (χ4n) is 2.64. The van der Waals surface area contributed by atoms with Crippen molar-refractivity contribution in [2.75, 3.05) is 13.2 Å². The first-order valence-electron chi connectivity index (χ1n) is 8.36. The third-order valence-corrected chi connectivity index (χ3v) is 3.85. The number of ether oxygens (including phenoxy) is 1. The van der Waals surface area contributed by atoms with E-state index in [4.69, 9.17) is 9.26 Å². The Morgan fingerprint density at radius 2 is 2.00 bits per heavy atom. The van der Waals surface area contributed by atoms with Gasteiger partial charge in [-0.15, -0.1) is 0 Å². The molecule has 0 saturated carbocycles. The summed E-state index contributed by atoms with van der Waals surface area (Å²) in [5.74, 6) is -0.663. The van der Waals surface area contributed by atoms with E-state index in [1.807, 2.05) is 30.3 Å². The summed E-state index contributed by atoms with van der Waals surface area (Å²) in [5.41, 5.74) is 2.78. The van der Waals surface area contributed by atoms with E-state index in [1.165, 1.54) is 0 Å². The normalized spacial score (nSPS) is 10.7. The van der Waals surface area contributed by atoms with Gasteiger partial charge in [-0.3, -0.25) is 9.59 Å². The van der Waals surface area contributed by atoms with Gasteiger partial charge in [0.15, 0.2) is 0 Å². The van der Waals surface area contributed by atoms with E-state index >= 15 is 0 Å². The van der Waals surface area contributed by atoms with Gasteiger partial charge in [-0.1, -0.05) is 35.5 Å². The Bertz CT molecular complexity index is 935. The van der Waals surface area contributed by atoms with Crippen LogP contribution in [0.25, 0.3) is 22.4 Å². The Morgan fingerprint density at radius 1 is 1.23 bits per heavy atom. The van der Waals surface area contributed by atoms with Crippen molar-refractivity contribution in [3.63, 3.8) is 0 Å². The molecule has 1 amide bonds. The van der Waals surface area contributed by atoms with Gasteiger partial charge in [0.25, 0.3) is 11.6 Å². The molecule has 3 rings (SSSR count). The first-order chi connectivity index (χ1) is 12.6. The van der Waals surface area contributed by atoms with Gasteiger partial charge >= 0.3 is 5.97 Å². The number of carbonyl (C=O) groups is 2. The average molecular weight is 353 g/mol. The number of aromatic nitrogens is 2. The van der Waals surface area contributed by atoms with E-state index in [2.05, 4.69) is 15.5 Å². The number of fused-ring (bicyclic) bond motifs is 1. The van der Waals surface area contributed by atoms with Crippen molar-refractivity contribution in [1.29, 1.82) is 0 Å². The summed E-state index contributed by atoms with van der Waals surface area (Å²) in [6.07, 6.45) is 0.113. The smallest absolute Gasteiger partial charge is 0.307 e. The van der Waals surface area contributed by atoms with Gasteiger partial charge in [0.05, 0.1) is 35.4 Å². The van der Waals surface area contributed by atoms with Crippen molar-refractivity contribution in [2.24, 2.45) is 0 Å². The number of hydrogen-bond acceptors (Lipinski definition) is 6. The predicted molar refractivity (Wildman–Crippen MR) is 95.6 cm³/mol. The molecular weight excluding hydrogens is 334 g/mol. The predicted octanol–water partition coefficient (Wildman–Crippen LogP) is 2.88. The number of pyridine rings is 1. The minimum Gasteiger partial charge on any atom is -0.466 e. The molecule has 0 fully saturated rings. The van der Waals surface area contributed by atoms with E-state index < -0.39 is 0 Å². The summed E-state index contributed by atoms with van der Waals surface area (Å²) in [4.78, 5) is 28.5. The number of benzene rings is 1. The molecule has 0 aliphatic rings. The Balaban J connectivity index is 1.89. The molecule has 7 nitrogen and oxygen atoms in total. The number of amides is 1. The second-order valence-electron chi connectivity index (χ2n) is 5.68. The van der Waals surface area contributed by atoms with Gasteiger partial charge in [0, 0.05) is 12.1 Å². The summed E-state index contributed by atoms with van der Waals surface area (Å²) in [7, 11) is 0. The zero-order chi connectivity index (χ0) is 18.5. The van der Waals surface area contributed by atoms with Crippen LogP contribution < -0.4 is 5.32 Å². The van der Waals surface area contributed by atoms with E-state index in [1.54, 1.807) is 19.9 Å². The van der Waals surface area contributed by atoms with E-state index in [9.17, 15) is 9.59 Å². The summed E-state index contributed by atoms with van der Waals surface area (Å²) >= 11 is 0. The molecule has 0 radical (unpaired) electrons. The number of rotatable bonds is 6. The van der Waals surface area contributed by atoms with Crippen molar-refractivity contribution < 1.29 is 18.8 Å². The number of nitrogens with one attached hydrogen (secondary N) is 1. The molecule has 0 saturated heterocycles. The minimum absolute atomic E-state index is 0.113. The first-order valence-corrected chi connectivity index (χ1v) is 8.36. The zero-order valence-electron chi connectivity index (χ0n) is 14.6. The second kappa shape index (κ2) is 7.77. The van der Waals surface area contributed by atoms with Crippen molar-refractivity contribution in [3.8, 4) is 11.3 Å². The molecule has 2 aromatic heterocycles. The topological polar surface area (TPSA) is 94.3 Å². The molecule has 1 aromatic carbocycles. The van der Waals surface area contributed by atoms with Gasteiger partial charge in [-0.2, -0.15) is 0 Å². The molecule has 0 unspecified atom stereocenters. The monoisotopic (exact) mass is 353 g/mol.